The summed E-state index contributed by atoms with van der Waals surface area (Å²) in [5.74, 6) is 3.50. The van der Waals surface area contributed by atoms with Crippen LogP contribution in [0.3, 0.4) is 0 Å². The highest BCUT2D eigenvalue weighted by molar-refractivity contribution is 5.93. The third kappa shape index (κ3) is 2.21. The van der Waals surface area contributed by atoms with Crippen molar-refractivity contribution in [1.29, 1.82) is 0 Å². The van der Waals surface area contributed by atoms with Gasteiger partial charge in [0.15, 0.2) is 5.76 Å². The number of rotatable bonds is 2. The average Bonchev–Trinajstić information content (AvgIpc) is 2.88. The van der Waals surface area contributed by atoms with Crippen LogP contribution in [0.2, 0.25) is 0 Å². The minimum absolute atomic E-state index is 0.715. The molecule has 0 spiro atoms. The Bertz CT molecular complexity index is 923. The molecule has 0 radical (unpaired) electrons. The molecule has 2 nitrogen and oxygen atoms in total. The highest BCUT2D eigenvalue weighted by Crippen LogP contribution is 2.34. The summed E-state index contributed by atoms with van der Waals surface area (Å²) in [4.78, 5) is 4.46. The molecule has 0 aliphatic heterocycles. The quantitative estimate of drug-likeness (QED) is 0.628. The molecule has 2 heteroatoms. The van der Waals surface area contributed by atoms with Gasteiger partial charge in [-0.25, -0.2) is 0 Å². The summed E-state index contributed by atoms with van der Waals surface area (Å²) in [6, 6.07) is 10.0. The summed E-state index contributed by atoms with van der Waals surface area (Å²) in [6.07, 6.45) is 9.55. The number of furan rings is 1. The van der Waals surface area contributed by atoms with Crippen LogP contribution < -0.4 is 0 Å². The van der Waals surface area contributed by atoms with Crippen LogP contribution in [-0.4, -0.2) is 4.98 Å². The van der Waals surface area contributed by atoms with Crippen molar-refractivity contribution in [2.24, 2.45) is 0 Å². The van der Waals surface area contributed by atoms with Crippen LogP contribution in [0.4, 0.5) is 0 Å². The lowest BCUT2D eigenvalue weighted by molar-refractivity contribution is 0.596. The van der Waals surface area contributed by atoms with Gasteiger partial charge >= 0.3 is 0 Å². The Morgan fingerprint density at radius 1 is 1.27 bits per heavy atom. The molecular formula is C20H17NO. The van der Waals surface area contributed by atoms with Crippen molar-refractivity contribution in [2.45, 2.75) is 20.8 Å². The highest BCUT2D eigenvalue weighted by atomic mass is 16.3. The number of para-hydroxylation sites is 1. The first-order chi connectivity index (χ1) is 10.7. The number of fused-ring (bicyclic) bond motifs is 1. The number of benzene rings is 1. The number of nitrogens with zero attached hydrogens (tertiary/aromatic N) is 1. The van der Waals surface area contributed by atoms with Gasteiger partial charge in [-0.3, -0.25) is 4.98 Å². The topological polar surface area (TPSA) is 26.0 Å². The molecule has 0 atom stereocenters. The normalized spacial score (nSPS) is 11.6. The smallest absolute Gasteiger partial charge is 0.152 e. The van der Waals surface area contributed by atoms with Gasteiger partial charge in [-0.1, -0.05) is 24.1 Å². The van der Waals surface area contributed by atoms with Crippen molar-refractivity contribution < 1.29 is 4.42 Å². The number of allylic oxidation sites excluding steroid dienone is 1. The first-order valence-electron chi connectivity index (χ1n) is 7.24. The van der Waals surface area contributed by atoms with Crippen LogP contribution in [0, 0.1) is 26.2 Å². The molecule has 0 aliphatic rings. The molecule has 3 rings (SSSR count). The molecule has 3 aromatic rings. The monoisotopic (exact) mass is 287 g/mol. The van der Waals surface area contributed by atoms with E-state index in [0.29, 0.717) is 5.76 Å². The Morgan fingerprint density at radius 3 is 2.77 bits per heavy atom. The van der Waals surface area contributed by atoms with Crippen molar-refractivity contribution >= 4 is 16.5 Å². The van der Waals surface area contributed by atoms with Crippen molar-refractivity contribution in [3.63, 3.8) is 0 Å². The van der Waals surface area contributed by atoms with E-state index >= 15 is 0 Å². The zero-order chi connectivity index (χ0) is 15.7. The summed E-state index contributed by atoms with van der Waals surface area (Å²) >= 11 is 0. The zero-order valence-corrected chi connectivity index (χ0v) is 13.0. The van der Waals surface area contributed by atoms with Crippen molar-refractivity contribution in [2.75, 3.05) is 0 Å². The second-order valence-corrected chi connectivity index (χ2v) is 5.32. The molecule has 0 fully saturated rings. The number of aromatic nitrogens is 1. The molecule has 1 aromatic carbocycles. The lowest BCUT2D eigenvalue weighted by Gasteiger charge is -2.05. The van der Waals surface area contributed by atoms with Crippen LogP contribution in [0.25, 0.3) is 16.5 Å². The minimum atomic E-state index is 0.715. The zero-order valence-electron chi connectivity index (χ0n) is 13.0. The Kier molecular flexibility index (Phi) is 3.56. The third-order valence-corrected chi connectivity index (χ3v) is 3.78. The summed E-state index contributed by atoms with van der Waals surface area (Å²) in [5, 5.41) is 0.976. The van der Waals surface area contributed by atoms with Gasteiger partial charge in [-0.2, -0.15) is 0 Å². The number of aryl methyl sites for hydroxylation is 2. The van der Waals surface area contributed by atoms with Gasteiger partial charge in [0.1, 0.15) is 5.58 Å². The molecule has 0 N–H and O–H groups in total. The van der Waals surface area contributed by atoms with E-state index in [1.807, 2.05) is 57.2 Å². The van der Waals surface area contributed by atoms with Gasteiger partial charge in [0.2, 0.25) is 0 Å². The number of hydrogen-bond donors (Lipinski definition) is 0. The fourth-order valence-electron chi connectivity index (χ4n) is 2.67. The molecule has 2 heterocycles. The van der Waals surface area contributed by atoms with E-state index in [2.05, 4.69) is 10.9 Å². The molecule has 108 valence electrons. The maximum atomic E-state index is 6.12. The molecule has 0 saturated carbocycles. The molecule has 0 unspecified atom stereocenters. The van der Waals surface area contributed by atoms with E-state index in [-0.39, 0.29) is 0 Å². The fraction of sp³-hybridized carbons (Fsp3) is 0.150. The van der Waals surface area contributed by atoms with E-state index in [9.17, 15) is 0 Å². The van der Waals surface area contributed by atoms with E-state index in [1.54, 1.807) is 6.20 Å². The van der Waals surface area contributed by atoms with Gasteiger partial charge in [-0.05, 0) is 50.1 Å². The SMILES string of the molecule is C#Cc1c(/C(=C\C)c2cc(C)ccn2)oc2c(C)cccc12. The second kappa shape index (κ2) is 5.54. The van der Waals surface area contributed by atoms with E-state index in [4.69, 9.17) is 10.8 Å². The third-order valence-electron chi connectivity index (χ3n) is 3.78. The predicted octanol–water partition coefficient (Wildman–Crippen LogP) is 4.88. The van der Waals surface area contributed by atoms with Crippen LogP contribution in [-0.2, 0) is 0 Å². The summed E-state index contributed by atoms with van der Waals surface area (Å²) in [7, 11) is 0. The van der Waals surface area contributed by atoms with Crippen LogP contribution in [0.15, 0.2) is 47.0 Å². The molecule has 0 aliphatic carbocycles. The summed E-state index contributed by atoms with van der Waals surface area (Å²) in [5.41, 5.74) is 5.65. The average molecular weight is 287 g/mol. The van der Waals surface area contributed by atoms with Gasteiger partial charge in [0, 0.05) is 17.2 Å². The minimum Gasteiger partial charge on any atom is -0.454 e. The second-order valence-electron chi connectivity index (χ2n) is 5.32. The van der Waals surface area contributed by atoms with Crippen molar-refractivity contribution in [3.05, 3.63) is 70.7 Å². The van der Waals surface area contributed by atoms with Gasteiger partial charge in [-0.15, -0.1) is 6.42 Å². The maximum absolute atomic E-state index is 6.12. The Hall–Kier alpha value is -2.79. The van der Waals surface area contributed by atoms with Gasteiger partial charge in [0.25, 0.3) is 0 Å². The molecule has 0 amide bonds. The largest absolute Gasteiger partial charge is 0.454 e. The van der Waals surface area contributed by atoms with Crippen LogP contribution in [0.1, 0.15) is 35.1 Å². The molecule has 2 aromatic heterocycles. The Labute approximate surface area is 130 Å². The predicted molar refractivity (Wildman–Crippen MR) is 90.6 cm³/mol. The fourth-order valence-corrected chi connectivity index (χ4v) is 2.67. The Morgan fingerprint density at radius 2 is 2.09 bits per heavy atom. The Balaban J connectivity index is 2.29. The number of terminal acetylenes is 1. The highest BCUT2D eigenvalue weighted by Gasteiger charge is 2.19. The molecular weight excluding hydrogens is 270 g/mol. The van der Waals surface area contributed by atoms with Crippen LogP contribution >= 0.6 is 0 Å². The van der Waals surface area contributed by atoms with Crippen molar-refractivity contribution in [3.8, 4) is 12.3 Å². The number of pyridine rings is 1. The van der Waals surface area contributed by atoms with E-state index in [0.717, 1.165) is 38.9 Å². The summed E-state index contributed by atoms with van der Waals surface area (Å²) in [6.45, 7) is 6.04. The van der Waals surface area contributed by atoms with Crippen LogP contribution in [0.5, 0.6) is 0 Å². The lowest BCUT2D eigenvalue weighted by atomic mass is 10.0. The van der Waals surface area contributed by atoms with E-state index in [1.165, 1.54) is 0 Å². The van der Waals surface area contributed by atoms with Crippen molar-refractivity contribution in [1.82, 2.24) is 4.98 Å². The standard InChI is InChI=1S/C20H17NO/c1-5-15-17-9-7-8-14(4)19(17)22-20(15)16(6-2)18-12-13(3)10-11-21-18/h1,6-12H,2-4H3/b16-6-. The molecule has 0 saturated heterocycles. The van der Waals surface area contributed by atoms with Gasteiger partial charge < -0.3 is 4.42 Å². The maximum Gasteiger partial charge on any atom is 0.152 e. The molecule has 0 bridgehead atoms. The number of hydrogen-bond acceptors (Lipinski definition) is 2. The van der Waals surface area contributed by atoms with E-state index < -0.39 is 0 Å². The van der Waals surface area contributed by atoms with Gasteiger partial charge in [0.05, 0.1) is 11.3 Å². The molecule has 22 heavy (non-hydrogen) atoms. The lowest BCUT2D eigenvalue weighted by Crippen LogP contribution is -1.93. The summed E-state index contributed by atoms with van der Waals surface area (Å²) < 4.78 is 6.12. The first-order valence-corrected chi connectivity index (χ1v) is 7.24. The first kappa shape index (κ1) is 14.2.